The number of carbonyl (C=O) groups is 1. The zero-order valence-corrected chi connectivity index (χ0v) is 15.5. The number of carbonyl (C=O) groups excluding carboxylic acids is 1. The van der Waals surface area contributed by atoms with E-state index in [-0.39, 0.29) is 5.91 Å². The highest BCUT2D eigenvalue weighted by Crippen LogP contribution is 2.21. The number of anilines is 1. The smallest absolute Gasteiger partial charge is 0.275 e. The first-order valence-electron chi connectivity index (χ1n) is 7.21. The van der Waals surface area contributed by atoms with E-state index in [1.54, 1.807) is 28.8 Å². The number of halogens is 2. The van der Waals surface area contributed by atoms with Gasteiger partial charge in [-0.05, 0) is 40.5 Å². The van der Waals surface area contributed by atoms with E-state index in [1.165, 1.54) is 0 Å². The van der Waals surface area contributed by atoms with Crippen LogP contribution in [0.25, 0.3) is 0 Å². The van der Waals surface area contributed by atoms with Crippen molar-refractivity contribution in [3.63, 3.8) is 0 Å². The van der Waals surface area contributed by atoms with Gasteiger partial charge in [-0.2, -0.15) is 10.2 Å². The van der Waals surface area contributed by atoms with Crippen molar-refractivity contribution in [2.45, 2.75) is 13.5 Å². The van der Waals surface area contributed by atoms with Crippen LogP contribution in [0.5, 0.6) is 0 Å². The summed E-state index contributed by atoms with van der Waals surface area (Å²) in [7, 11) is 1.73. The predicted octanol–water partition coefficient (Wildman–Crippen LogP) is 3.64. The van der Waals surface area contributed by atoms with Gasteiger partial charge in [0.1, 0.15) is 5.69 Å². The Hall–Kier alpha value is -2.12. The normalized spacial score (nSPS) is 10.8. The van der Waals surface area contributed by atoms with Crippen LogP contribution in [0, 0.1) is 6.92 Å². The van der Waals surface area contributed by atoms with Crippen molar-refractivity contribution in [3.8, 4) is 0 Å². The summed E-state index contributed by atoms with van der Waals surface area (Å²) >= 11 is 9.28. The maximum atomic E-state index is 12.4. The van der Waals surface area contributed by atoms with Gasteiger partial charge in [-0.3, -0.25) is 14.2 Å². The lowest BCUT2D eigenvalue weighted by Crippen LogP contribution is -2.16. The molecule has 0 radical (unpaired) electrons. The molecule has 1 amide bonds. The van der Waals surface area contributed by atoms with Crippen molar-refractivity contribution < 1.29 is 4.79 Å². The number of aromatic nitrogens is 4. The number of aryl methyl sites for hydroxylation is 2. The van der Waals surface area contributed by atoms with Crippen molar-refractivity contribution in [3.05, 3.63) is 63.1 Å². The largest absolute Gasteiger partial charge is 0.318 e. The van der Waals surface area contributed by atoms with Gasteiger partial charge in [0.2, 0.25) is 0 Å². The molecule has 0 bridgehead atoms. The molecule has 8 heteroatoms. The fourth-order valence-corrected chi connectivity index (χ4v) is 3.00. The summed E-state index contributed by atoms with van der Waals surface area (Å²) in [5, 5.41) is 12.0. The summed E-state index contributed by atoms with van der Waals surface area (Å²) in [4.78, 5) is 12.4. The lowest BCUT2D eigenvalue weighted by Gasteiger charge is -2.04. The van der Waals surface area contributed by atoms with E-state index in [4.69, 9.17) is 11.6 Å². The fraction of sp³-hybridized carbons (Fsp3) is 0.188. The van der Waals surface area contributed by atoms with Crippen LogP contribution >= 0.6 is 27.5 Å². The maximum Gasteiger partial charge on any atom is 0.275 e. The minimum absolute atomic E-state index is 0.240. The zero-order chi connectivity index (χ0) is 17.3. The predicted molar refractivity (Wildman–Crippen MR) is 96.4 cm³/mol. The van der Waals surface area contributed by atoms with Gasteiger partial charge in [0.25, 0.3) is 5.91 Å². The molecule has 0 spiro atoms. The summed E-state index contributed by atoms with van der Waals surface area (Å²) in [6.07, 6.45) is 3.40. The molecule has 124 valence electrons. The molecule has 1 aromatic carbocycles. The van der Waals surface area contributed by atoms with Crippen LogP contribution < -0.4 is 5.32 Å². The SMILES string of the molecule is Cc1nn(C)c(C(=O)Nc2cnn(Cc3ccc(Cl)cc3)c2)c1Br. The molecule has 24 heavy (non-hydrogen) atoms. The Morgan fingerprint density at radius 1 is 1.33 bits per heavy atom. The minimum atomic E-state index is -0.240. The molecule has 0 unspecified atom stereocenters. The number of amides is 1. The van der Waals surface area contributed by atoms with Crippen LogP contribution in [-0.2, 0) is 13.6 Å². The molecule has 0 saturated heterocycles. The summed E-state index contributed by atoms with van der Waals surface area (Å²) in [5.74, 6) is -0.240. The van der Waals surface area contributed by atoms with E-state index in [9.17, 15) is 4.79 Å². The molecule has 0 aliphatic heterocycles. The van der Waals surface area contributed by atoms with Crippen molar-refractivity contribution in [1.82, 2.24) is 19.6 Å². The lowest BCUT2D eigenvalue weighted by atomic mass is 10.2. The van der Waals surface area contributed by atoms with Crippen molar-refractivity contribution >= 4 is 39.1 Å². The molecule has 6 nitrogen and oxygen atoms in total. The molecule has 0 atom stereocenters. The van der Waals surface area contributed by atoms with E-state index in [2.05, 4.69) is 31.4 Å². The van der Waals surface area contributed by atoms with Crippen LogP contribution in [0.2, 0.25) is 5.02 Å². The third-order valence-electron chi connectivity index (χ3n) is 3.51. The lowest BCUT2D eigenvalue weighted by molar-refractivity contribution is 0.101. The third-order valence-corrected chi connectivity index (χ3v) is 4.71. The first-order chi connectivity index (χ1) is 11.4. The van der Waals surface area contributed by atoms with Gasteiger partial charge in [0.05, 0.1) is 28.6 Å². The van der Waals surface area contributed by atoms with Gasteiger partial charge in [0.15, 0.2) is 0 Å². The Labute approximate surface area is 152 Å². The first-order valence-corrected chi connectivity index (χ1v) is 8.38. The quantitative estimate of drug-likeness (QED) is 0.717. The molecular weight excluding hydrogens is 394 g/mol. The second kappa shape index (κ2) is 6.78. The second-order valence-electron chi connectivity index (χ2n) is 5.38. The molecule has 0 aliphatic carbocycles. The number of benzene rings is 1. The minimum Gasteiger partial charge on any atom is -0.318 e. The van der Waals surface area contributed by atoms with E-state index in [0.717, 1.165) is 11.3 Å². The average molecular weight is 409 g/mol. The summed E-state index contributed by atoms with van der Waals surface area (Å²) in [5.41, 5.74) is 2.93. The van der Waals surface area contributed by atoms with Crippen LogP contribution in [0.15, 0.2) is 41.1 Å². The van der Waals surface area contributed by atoms with Crippen LogP contribution in [0.3, 0.4) is 0 Å². The Balaban J connectivity index is 1.71. The number of hydrogen-bond donors (Lipinski definition) is 1. The van der Waals surface area contributed by atoms with Gasteiger partial charge in [-0.1, -0.05) is 23.7 Å². The van der Waals surface area contributed by atoms with Gasteiger partial charge < -0.3 is 5.32 Å². The van der Waals surface area contributed by atoms with Crippen molar-refractivity contribution in [2.24, 2.45) is 7.05 Å². The summed E-state index contributed by atoms with van der Waals surface area (Å²) in [6, 6.07) is 7.56. The Kier molecular flexibility index (Phi) is 4.73. The van der Waals surface area contributed by atoms with Crippen LogP contribution in [0.1, 0.15) is 21.7 Å². The van der Waals surface area contributed by atoms with Gasteiger partial charge in [-0.15, -0.1) is 0 Å². The highest BCUT2D eigenvalue weighted by molar-refractivity contribution is 9.10. The molecule has 3 aromatic rings. The average Bonchev–Trinajstić information content (AvgIpc) is 3.06. The second-order valence-corrected chi connectivity index (χ2v) is 6.61. The number of nitrogens with one attached hydrogen (secondary N) is 1. The molecule has 2 aromatic heterocycles. The Morgan fingerprint density at radius 2 is 2.04 bits per heavy atom. The van der Waals surface area contributed by atoms with Crippen LogP contribution in [-0.4, -0.2) is 25.5 Å². The molecular formula is C16H15BrClN5O. The molecule has 2 heterocycles. The summed E-state index contributed by atoms with van der Waals surface area (Å²) in [6.45, 7) is 2.44. The van der Waals surface area contributed by atoms with E-state index >= 15 is 0 Å². The van der Waals surface area contributed by atoms with Gasteiger partial charge in [0, 0.05) is 18.3 Å². The first kappa shape index (κ1) is 16.7. The van der Waals surface area contributed by atoms with Crippen molar-refractivity contribution in [1.29, 1.82) is 0 Å². The van der Waals surface area contributed by atoms with E-state index in [1.807, 2.05) is 31.2 Å². The molecule has 0 saturated carbocycles. The van der Waals surface area contributed by atoms with E-state index in [0.29, 0.717) is 27.4 Å². The molecule has 1 N–H and O–H groups in total. The topological polar surface area (TPSA) is 64.7 Å². The molecule has 0 aliphatic rings. The number of nitrogens with zero attached hydrogens (tertiary/aromatic N) is 4. The fourth-order valence-electron chi connectivity index (χ4n) is 2.36. The highest BCUT2D eigenvalue weighted by atomic mass is 79.9. The maximum absolute atomic E-state index is 12.4. The van der Waals surface area contributed by atoms with Crippen LogP contribution in [0.4, 0.5) is 5.69 Å². The monoisotopic (exact) mass is 407 g/mol. The third kappa shape index (κ3) is 3.52. The molecule has 0 fully saturated rings. The van der Waals surface area contributed by atoms with Gasteiger partial charge in [-0.25, -0.2) is 0 Å². The molecule has 3 rings (SSSR count). The van der Waals surface area contributed by atoms with Gasteiger partial charge >= 0.3 is 0 Å². The van der Waals surface area contributed by atoms with E-state index < -0.39 is 0 Å². The Morgan fingerprint density at radius 3 is 2.67 bits per heavy atom. The summed E-state index contributed by atoms with van der Waals surface area (Å²) < 4.78 is 3.99. The number of rotatable bonds is 4. The Bertz CT molecular complexity index is 885. The zero-order valence-electron chi connectivity index (χ0n) is 13.1. The number of hydrogen-bond acceptors (Lipinski definition) is 3. The standard InChI is InChI=1S/C16H15BrClN5O/c1-10-14(17)15(22(2)21-10)16(24)20-13-7-19-23(9-13)8-11-3-5-12(18)6-4-11/h3-7,9H,8H2,1-2H3,(H,20,24). The highest BCUT2D eigenvalue weighted by Gasteiger charge is 2.18. The van der Waals surface area contributed by atoms with Crippen molar-refractivity contribution in [2.75, 3.05) is 5.32 Å².